The minimum atomic E-state index is 0.0862. The molecular weight excluding hydrogens is 655 g/mol. The lowest BCUT2D eigenvalue weighted by molar-refractivity contribution is -0.0393. The van der Waals surface area contributed by atoms with Crippen molar-refractivity contribution in [2.75, 3.05) is 0 Å². The number of nitrogens with zero attached hydrogens (tertiary/aromatic N) is 3. The summed E-state index contributed by atoms with van der Waals surface area (Å²) in [5.74, 6) is 5.70. The number of hydrogen-bond donors (Lipinski definition) is 0. The minimum Gasteiger partial charge on any atom is -0.208 e. The lowest BCUT2D eigenvalue weighted by Gasteiger charge is -2.61. The van der Waals surface area contributed by atoms with Gasteiger partial charge in [-0.3, -0.25) is 0 Å². The van der Waals surface area contributed by atoms with E-state index in [9.17, 15) is 0 Å². The average Bonchev–Trinajstić information content (AvgIpc) is 3.53. The van der Waals surface area contributed by atoms with Crippen molar-refractivity contribution in [1.29, 1.82) is 0 Å². The van der Waals surface area contributed by atoms with Crippen LogP contribution in [0.15, 0.2) is 146 Å². The zero-order chi connectivity index (χ0) is 35.4. The van der Waals surface area contributed by atoms with Crippen molar-refractivity contribution in [3.8, 4) is 33.9 Å². The lowest BCUT2D eigenvalue weighted by Crippen LogP contribution is -2.55. The fraction of sp³-hybridized carbons (Fsp3) is 0.235. The zero-order valence-corrected chi connectivity index (χ0v) is 30.3. The highest BCUT2D eigenvalue weighted by Crippen LogP contribution is 2.70. The molecule has 6 aromatic carbocycles. The van der Waals surface area contributed by atoms with Gasteiger partial charge >= 0.3 is 0 Å². The summed E-state index contributed by atoms with van der Waals surface area (Å²) in [4.78, 5) is 15.8. The molecule has 6 aliphatic rings. The van der Waals surface area contributed by atoms with E-state index in [4.69, 9.17) is 15.0 Å². The molecule has 0 aliphatic heterocycles. The van der Waals surface area contributed by atoms with E-state index in [2.05, 4.69) is 146 Å². The standard InChI is InChI=1S/C51H41N3/c1-3-11-33(12-4-1)39-22-23-44(42-18-10-9-17-41(39)42)50-53-48(35-14-5-2-6-15-35)52-49(54-50)36-20-24-46-45(30-36)43-21-19-34-13-7-8-16-40(34)47(43)51(46)37-26-31-25-32(28-37)29-38(51)27-31/h1-21,23-24,30-32,37-39H,22,25-29H2. The summed E-state index contributed by atoms with van der Waals surface area (Å²) in [5, 5.41) is 2.81. The van der Waals surface area contributed by atoms with E-state index >= 15 is 0 Å². The summed E-state index contributed by atoms with van der Waals surface area (Å²) >= 11 is 0. The second-order valence-electron chi connectivity index (χ2n) is 16.7. The molecule has 1 aromatic heterocycles. The van der Waals surface area contributed by atoms with Crippen molar-refractivity contribution in [1.82, 2.24) is 15.0 Å². The van der Waals surface area contributed by atoms with Gasteiger partial charge in [0.1, 0.15) is 0 Å². The molecule has 3 nitrogen and oxygen atoms in total. The normalized spacial score (nSPS) is 25.7. The predicted octanol–water partition coefficient (Wildman–Crippen LogP) is 12.0. The van der Waals surface area contributed by atoms with Crippen LogP contribution >= 0.6 is 0 Å². The number of hydrogen-bond acceptors (Lipinski definition) is 3. The molecule has 260 valence electrons. The third-order valence-corrected chi connectivity index (χ3v) is 14.1. The van der Waals surface area contributed by atoms with E-state index in [0.717, 1.165) is 46.6 Å². The highest BCUT2D eigenvalue weighted by molar-refractivity contribution is 5.98. The molecule has 54 heavy (non-hydrogen) atoms. The van der Waals surface area contributed by atoms with Gasteiger partial charge in [-0.15, -0.1) is 0 Å². The van der Waals surface area contributed by atoms with Crippen molar-refractivity contribution in [3.05, 3.63) is 179 Å². The maximum absolute atomic E-state index is 5.37. The van der Waals surface area contributed by atoms with E-state index in [0.29, 0.717) is 23.6 Å². The number of fused-ring (bicyclic) bond motifs is 6. The zero-order valence-electron chi connectivity index (χ0n) is 30.3. The largest absolute Gasteiger partial charge is 0.208 e. The Balaban J connectivity index is 1.04. The van der Waals surface area contributed by atoms with Gasteiger partial charge in [-0.25, -0.2) is 15.0 Å². The van der Waals surface area contributed by atoms with Gasteiger partial charge < -0.3 is 0 Å². The summed E-state index contributed by atoms with van der Waals surface area (Å²) in [6.07, 6.45) is 10.2. The van der Waals surface area contributed by atoms with Gasteiger partial charge in [-0.1, -0.05) is 140 Å². The van der Waals surface area contributed by atoms with E-state index in [1.807, 2.05) is 0 Å². The predicted molar refractivity (Wildman–Crippen MR) is 218 cm³/mol. The van der Waals surface area contributed by atoms with Crippen LogP contribution in [0.4, 0.5) is 0 Å². The molecule has 1 heterocycles. The van der Waals surface area contributed by atoms with E-state index < -0.39 is 0 Å². The molecule has 4 fully saturated rings. The molecule has 1 spiro atoms. The Morgan fingerprint density at radius 2 is 1.17 bits per heavy atom. The van der Waals surface area contributed by atoms with Crippen molar-refractivity contribution in [3.63, 3.8) is 0 Å². The van der Waals surface area contributed by atoms with Crippen LogP contribution in [-0.4, -0.2) is 15.0 Å². The van der Waals surface area contributed by atoms with E-state index in [1.165, 1.54) is 70.7 Å². The monoisotopic (exact) mass is 695 g/mol. The SMILES string of the molecule is C1=C(c2nc(-c3ccccc3)nc(-c3ccc4c(c3)-c3ccc5ccccc5c3C43C4CC5CC(C4)CC3C5)n2)c2ccccc2C(c2ccccc2)C1. The summed E-state index contributed by atoms with van der Waals surface area (Å²) in [5.41, 5.74) is 13.1. The van der Waals surface area contributed by atoms with E-state index in [1.54, 1.807) is 11.1 Å². The fourth-order valence-corrected chi connectivity index (χ4v) is 12.2. The molecular formula is C51H41N3. The van der Waals surface area contributed by atoms with Gasteiger partial charge in [0.25, 0.3) is 0 Å². The molecule has 6 aliphatic carbocycles. The number of rotatable bonds is 4. The Morgan fingerprint density at radius 1 is 0.500 bits per heavy atom. The molecule has 0 saturated heterocycles. The molecule has 4 saturated carbocycles. The fourth-order valence-electron chi connectivity index (χ4n) is 12.2. The van der Waals surface area contributed by atoms with Gasteiger partial charge in [-0.2, -0.15) is 0 Å². The van der Waals surface area contributed by atoms with Crippen molar-refractivity contribution in [2.24, 2.45) is 23.7 Å². The van der Waals surface area contributed by atoms with Crippen molar-refractivity contribution in [2.45, 2.75) is 49.9 Å². The molecule has 3 heteroatoms. The van der Waals surface area contributed by atoms with Crippen LogP contribution in [0.5, 0.6) is 0 Å². The first-order valence-electron chi connectivity index (χ1n) is 20.1. The van der Waals surface area contributed by atoms with Crippen LogP contribution in [0.1, 0.15) is 78.1 Å². The van der Waals surface area contributed by atoms with Gasteiger partial charge in [-0.05, 0) is 118 Å². The Labute approximate surface area is 316 Å². The molecule has 13 rings (SSSR count). The highest BCUT2D eigenvalue weighted by Gasteiger charge is 2.62. The molecule has 0 radical (unpaired) electrons. The quantitative estimate of drug-likeness (QED) is 0.184. The third kappa shape index (κ3) is 4.39. The summed E-state index contributed by atoms with van der Waals surface area (Å²) < 4.78 is 0. The van der Waals surface area contributed by atoms with Gasteiger partial charge in [0.05, 0.1) is 0 Å². The van der Waals surface area contributed by atoms with Crippen molar-refractivity contribution >= 4 is 16.3 Å². The van der Waals surface area contributed by atoms with Crippen LogP contribution in [-0.2, 0) is 5.41 Å². The Kier molecular flexibility index (Phi) is 6.64. The number of allylic oxidation sites excluding steroid dienone is 1. The first-order valence-corrected chi connectivity index (χ1v) is 20.1. The van der Waals surface area contributed by atoms with Crippen LogP contribution in [0.25, 0.3) is 50.2 Å². The van der Waals surface area contributed by atoms with E-state index in [-0.39, 0.29) is 5.41 Å². The summed E-state index contributed by atoms with van der Waals surface area (Å²) in [7, 11) is 0. The molecule has 1 unspecified atom stereocenters. The maximum atomic E-state index is 5.37. The number of aromatic nitrogens is 3. The second kappa shape index (κ2) is 11.7. The molecule has 1 atom stereocenters. The summed E-state index contributed by atoms with van der Waals surface area (Å²) in [6, 6.07) is 51.3. The maximum Gasteiger partial charge on any atom is 0.164 e. The van der Waals surface area contributed by atoms with Crippen molar-refractivity contribution < 1.29 is 0 Å². The molecule has 0 N–H and O–H groups in total. The average molecular weight is 696 g/mol. The number of benzene rings is 6. The highest BCUT2D eigenvalue weighted by atomic mass is 15.0. The molecule has 0 amide bonds. The lowest BCUT2D eigenvalue weighted by atomic mass is 9.43. The minimum absolute atomic E-state index is 0.0862. The molecule has 7 aromatic rings. The molecule has 4 bridgehead atoms. The van der Waals surface area contributed by atoms with Crippen LogP contribution in [0.2, 0.25) is 0 Å². The topological polar surface area (TPSA) is 38.7 Å². The van der Waals surface area contributed by atoms with Gasteiger partial charge in [0, 0.05) is 28.0 Å². The van der Waals surface area contributed by atoms with Gasteiger partial charge in [0.2, 0.25) is 0 Å². The Morgan fingerprint density at radius 3 is 1.96 bits per heavy atom. The summed E-state index contributed by atoms with van der Waals surface area (Å²) in [6.45, 7) is 0. The first kappa shape index (κ1) is 30.8. The first-order chi connectivity index (χ1) is 26.7. The van der Waals surface area contributed by atoms with Crippen LogP contribution in [0.3, 0.4) is 0 Å². The smallest absolute Gasteiger partial charge is 0.164 e. The second-order valence-corrected chi connectivity index (χ2v) is 16.7. The van der Waals surface area contributed by atoms with Crippen LogP contribution in [0, 0.1) is 23.7 Å². The Bertz CT molecular complexity index is 2630. The van der Waals surface area contributed by atoms with Gasteiger partial charge in [0.15, 0.2) is 17.5 Å². The van der Waals surface area contributed by atoms with Crippen LogP contribution < -0.4 is 0 Å². The third-order valence-electron chi connectivity index (χ3n) is 14.1. The Hall–Kier alpha value is -5.67.